The number of hydrogen-bond donors (Lipinski definition) is 0. The summed E-state index contributed by atoms with van der Waals surface area (Å²) in [5, 5.41) is 4.41. The Morgan fingerprint density at radius 1 is 1.38 bits per heavy atom. The van der Waals surface area contributed by atoms with Crippen LogP contribution in [0.5, 0.6) is 0 Å². The van der Waals surface area contributed by atoms with Crippen LogP contribution in [-0.2, 0) is 47.1 Å². The molecule has 24 heavy (non-hydrogen) atoms. The predicted octanol–water partition coefficient (Wildman–Crippen LogP) is 1.59. The van der Waals surface area contributed by atoms with E-state index in [4.69, 9.17) is 4.74 Å². The lowest BCUT2D eigenvalue weighted by molar-refractivity contribution is 0.179. The molecule has 0 fully saturated rings. The van der Waals surface area contributed by atoms with E-state index in [1.54, 1.807) is 17.9 Å². The van der Waals surface area contributed by atoms with Crippen LogP contribution in [0.4, 0.5) is 4.39 Å². The molecule has 0 unspecified atom stereocenters. The Morgan fingerprint density at radius 3 is 2.88 bits per heavy atom. The van der Waals surface area contributed by atoms with Crippen LogP contribution in [0.25, 0.3) is 0 Å². The number of rotatable bonds is 5. The van der Waals surface area contributed by atoms with E-state index in [0.29, 0.717) is 25.1 Å². The van der Waals surface area contributed by atoms with Crippen LogP contribution in [0.2, 0.25) is 0 Å². The van der Waals surface area contributed by atoms with E-state index < -0.39 is 15.8 Å². The molecule has 0 saturated carbocycles. The third-order valence-electron chi connectivity index (χ3n) is 4.20. The average Bonchev–Trinajstić information content (AvgIpc) is 2.83. The zero-order chi connectivity index (χ0) is 17.3. The highest BCUT2D eigenvalue weighted by Gasteiger charge is 2.30. The van der Waals surface area contributed by atoms with Gasteiger partial charge in [0.15, 0.2) is 0 Å². The molecule has 2 aromatic rings. The second-order valence-corrected chi connectivity index (χ2v) is 7.87. The molecule has 1 aliphatic heterocycles. The number of halogens is 1. The highest BCUT2D eigenvalue weighted by Crippen LogP contribution is 2.25. The largest absolute Gasteiger partial charge is 0.378 e. The molecule has 3 rings (SSSR count). The molecule has 0 N–H and O–H groups in total. The maximum Gasteiger partial charge on any atom is 0.218 e. The molecule has 1 aromatic heterocycles. The molecule has 1 aromatic carbocycles. The van der Waals surface area contributed by atoms with Gasteiger partial charge >= 0.3 is 0 Å². The zero-order valence-corrected chi connectivity index (χ0v) is 14.5. The topological polar surface area (TPSA) is 64.4 Å². The number of fused-ring (bicyclic) bond motifs is 1. The Kier molecular flexibility index (Phi) is 4.71. The van der Waals surface area contributed by atoms with Crippen molar-refractivity contribution in [2.75, 3.05) is 13.7 Å². The van der Waals surface area contributed by atoms with Crippen molar-refractivity contribution in [1.29, 1.82) is 0 Å². The minimum absolute atomic E-state index is 0.208. The summed E-state index contributed by atoms with van der Waals surface area (Å²) in [6.45, 7) is 1.02. The van der Waals surface area contributed by atoms with Gasteiger partial charge < -0.3 is 4.74 Å². The molecule has 0 saturated heterocycles. The van der Waals surface area contributed by atoms with Crippen LogP contribution >= 0.6 is 0 Å². The van der Waals surface area contributed by atoms with Crippen LogP contribution in [0.3, 0.4) is 0 Å². The number of nitrogens with zero attached hydrogens (tertiary/aromatic N) is 3. The number of benzene rings is 1. The molecule has 2 heterocycles. The average molecular weight is 353 g/mol. The smallest absolute Gasteiger partial charge is 0.218 e. The zero-order valence-electron chi connectivity index (χ0n) is 13.7. The lowest BCUT2D eigenvalue weighted by atomic mass is 10.1. The van der Waals surface area contributed by atoms with Gasteiger partial charge in [0, 0.05) is 44.9 Å². The van der Waals surface area contributed by atoms with Crippen molar-refractivity contribution in [1.82, 2.24) is 14.1 Å². The molecule has 0 atom stereocenters. The van der Waals surface area contributed by atoms with E-state index in [9.17, 15) is 12.8 Å². The van der Waals surface area contributed by atoms with Crippen molar-refractivity contribution in [2.24, 2.45) is 7.05 Å². The molecule has 0 radical (unpaired) electrons. The van der Waals surface area contributed by atoms with Gasteiger partial charge in [-0.25, -0.2) is 12.8 Å². The fourth-order valence-corrected chi connectivity index (χ4v) is 4.54. The van der Waals surface area contributed by atoms with Gasteiger partial charge in [0.2, 0.25) is 10.0 Å². The van der Waals surface area contributed by atoms with Gasteiger partial charge in [-0.1, -0.05) is 12.1 Å². The van der Waals surface area contributed by atoms with Crippen molar-refractivity contribution in [2.45, 2.75) is 25.3 Å². The summed E-state index contributed by atoms with van der Waals surface area (Å²) in [5.74, 6) is -0.641. The van der Waals surface area contributed by atoms with Crippen molar-refractivity contribution < 1.29 is 17.5 Å². The fraction of sp³-hybridized carbons (Fsp3) is 0.438. The van der Waals surface area contributed by atoms with E-state index >= 15 is 0 Å². The molecular formula is C16H20FN3O3S. The lowest BCUT2D eigenvalue weighted by Gasteiger charge is -2.27. The monoisotopic (exact) mass is 353 g/mol. The molecule has 0 amide bonds. The number of sulfonamides is 1. The second kappa shape index (κ2) is 6.62. The van der Waals surface area contributed by atoms with Gasteiger partial charge in [0.1, 0.15) is 5.82 Å². The number of ether oxygens (including phenoxy) is 1. The third kappa shape index (κ3) is 3.35. The Labute approximate surface area is 140 Å². The molecular weight excluding hydrogens is 333 g/mol. The molecule has 1 aliphatic rings. The summed E-state index contributed by atoms with van der Waals surface area (Å²) in [5.41, 5.74) is 3.16. The predicted molar refractivity (Wildman–Crippen MR) is 87.1 cm³/mol. The Hall–Kier alpha value is -1.77. The quantitative estimate of drug-likeness (QED) is 0.819. The van der Waals surface area contributed by atoms with Gasteiger partial charge in [-0.2, -0.15) is 9.40 Å². The first kappa shape index (κ1) is 17.1. The summed E-state index contributed by atoms with van der Waals surface area (Å²) in [6, 6.07) is 5.70. The summed E-state index contributed by atoms with van der Waals surface area (Å²) in [7, 11) is -0.0878. The number of methoxy groups -OCH3 is 1. The van der Waals surface area contributed by atoms with Gasteiger partial charge in [-0.15, -0.1) is 0 Å². The summed E-state index contributed by atoms with van der Waals surface area (Å²) < 4.78 is 47.1. The van der Waals surface area contributed by atoms with Gasteiger partial charge in [-0.3, -0.25) is 4.68 Å². The Balaban J connectivity index is 1.83. The molecule has 8 heteroatoms. The third-order valence-corrected chi connectivity index (χ3v) is 6.00. The van der Waals surface area contributed by atoms with Gasteiger partial charge in [-0.05, 0) is 17.7 Å². The highest BCUT2D eigenvalue weighted by molar-refractivity contribution is 7.88. The van der Waals surface area contributed by atoms with Gasteiger partial charge in [0.05, 0.1) is 18.1 Å². The van der Waals surface area contributed by atoms with Crippen molar-refractivity contribution in [3.05, 3.63) is 52.6 Å². The Morgan fingerprint density at radius 2 is 2.17 bits per heavy atom. The maximum atomic E-state index is 13.3. The minimum atomic E-state index is -3.53. The summed E-state index contributed by atoms with van der Waals surface area (Å²) in [4.78, 5) is 0. The molecule has 0 spiro atoms. The molecule has 130 valence electrons. The van der Waals surface area contributed by atoms with Gasteiger partial charge in [0.25, 0.3) is 0 Å². The molecule has 6 nitrogen and oxygen atoms in total. The number of hydrogen-bond acceptors (Lipinski definition) is 4. The van der Waals surface area contributed by atoms with Crippen molar-refractivity contribution in [3.8, 4) is 0 Å². The van der Waals surface area contributed by atoms with E-state index in [1.807, 2.05) is 7.05 Å². The standard InChI is InChI=1S/C16H20FN3O3S/c1-19-16-6-7-20(9-14(16)15(18-19)10-23-2)24(21,22)11-12-4-3-5-13(17)8-12/h3-5,8H,6-7,9-11H2,1-2H3. The second-order valence-electron chi connectivity index (χ2n) is 5.90. The van der Waals surface area contributed by atoms with E-state index in [1.165, 1.54) is 22.5 Å². The van der Waals surface area contributed by atoms with E-state index in [-0.39, 0.29) is 12.3 Å². The summed E-state index contributed by atoms with van der Waals surface area (Å²) in [6.07, 6.45) is 0.602. The lowest BCUT2D eigenvalue weighted by Crippen LogP contribution is -2.37. The number of aryl methyl sites for hydroxylation is 1. The first-order valence-corrected chi connectivity index (χ1v) is 9.26. The first-order chi connectivity index (χ1) is 11.4. The van der Waals surface area contributed by atoms with Crippen molar-refractivity contribution >= 4 is 10.0 Å². The van der Waals surface area contributed by atoms with Crippen LogP contribution in [-0.4, -0.2) is 36.2 Å². The molecule has 0 bridgehead atoms. The van der Waals surface area contributed by atoms with E-state index in [2.05, 4.69) is 5.10 Å². The highest BCUT2D eigenvalue weighted by atomic mass is 32.2. The summed E-state index contributed by atoms with van der Waals surface area (Å²) >= 11 is 0. The van der Waals surface area contributed by atoms with Crippen LogP contribution < -0.4 is 0 Å². The van der Waals surface area contributed by atoms with Crippen LogP contribution in [0.15, 0.2) is 24.3 Å². The van der Waals surface area contributed by atoms with Crippen LogP contribution in [0, 0.1) is 5.82 Å². The SMILES string of the molecule is COCc1nn(C)c2c1CN(S(=O)(=O)Cc1cccc(F)c1)CC2. The van der Waals surface area contributed by atoms with Crippen LogP contribution in [0.1, 0.15) is 22.5 Å². The van der Waals surface area contributed by atoms with E-state index in [0.717, 1.165) is 17.0 Å². The first-order valence-electron chi connectivity index (χ1n) is 7.65. The maximum absolute atomic E-state index is 13.3. The minimum Gasteiger partial charge on any atom is -0.378 e. The normalized spacial score (nSPS) is 15.5. The fourth-order valence-electron chi connectivity index (χ4n) is 3.06. The Bertz CT molecular complexity index is 848. The number of aromatic nitrogens is 2. The van der Waals surface area contributed by atoms with Crippen molar-refractivity contribution in [3.63, 3.8) is 0 Å². The molecule has 0 aliphatic carbocycles.